The minimum absolute atomic E-state index is 0. The molecule has 1 aliphatic heterocycles. The van der Waals surface area contributed by atoms with Crippen LogP contribution in [0.25, 0.3) is 0 Å². The predicted molar refractivity (Wildman–Crippen MR) is 93.0 cm³/mol. The van der Waals surface area contributed by atoms with Gasteiger partial charge in [0.1, 0.15) is 11.5 Å². The molecule has 0 bridgehead atoms. The molecule has 122 valence electrons. The number of carbonyl (C=O) groups is 1. The van der Waals surface area contributed by atoms with E-state index in [2.05, 4.69) is 10.6 Å². The third-order valence-corrected chi connectivity index (χ3v) is 3.80. The second-order valence-corrected chi connectivity index (χ2v) is 5.47. The predicted octanol–water partition coefficient (Wildman–Crippen LogP) is 3.13. The zero-order valence-electron chi connectivity index (χ0n) is 12.8. The second kappa shape index (κ2) is 8.56. The van der Waals surface area contributed by atoms with Crippen LogP contribution in [0.2, 0.25) is 0 Å². The van der Waals surface area contributed by atoms with Crippen molar-refractivity contribution >= 4 is 18.3 Å². The molecule has 5 heteroatoms. The minimum atomic E-state index is 0. The van der Waals surface area contributed by atoms with Crippen LogP contribution in [0.5, 0.6) is 11.5 Å². The molecule has 1 unspecified atom stereocenters. The van der Waals surface area contributed by atoms with Crippen LogP contribution in [-0.2, 0) is 11.3 Å². The molecule has 0 aromatic heterocycles. The van der Waals surface area contributed by atoms with E-state index in [0.29, 0.717) is 6.54 Å². The van der Waals surface area contributed by atoms with Crippen LogP contribution in [0.4, 0.5) is 0 Å². The Labute approximate surface area is 142 Å². The maximum Gasteiger partial charge on any atom is 0.224 e. The molecule has 1 saturated heterocycles. The molecule has 0 aliphatic carbocycles. The second-order valence-electron chi connectivity index (χ2n) is 5.47. The van der Waals surface area contributed by atoms with Crippen molar-refractivity contribution < 1.29 is 9.53 Å². The highest BCUT2D eigenvalue weighted by Gasteiger charge is 2.21. The quantitative estimate of drug-likeness (QED) is 0.884. The largest absolute Gasteiger partial charge is 0.457 e. The van der Waals surface area contributed by atoms with Crippen molar-refractivity contribution in [1.29, 1.82) is 0 Å². The number of hydrogen-bond donors (Lipinski definition) is 2. The Morgan fingerprint density at radius 1 is 1.09 bits per heavy atom. The van der Waals surface area contributed by atoms with Crippen molar-refractivity contribution in [3.05, 3.63) is 60.2 Å². The van der Waals surface area contributed by atoms with Crippen LogP contribution in [0, 0.1) is 5.92 Å². The summed E-state index contributed by atoms with van der Waals surface area (Å²) in [7, 11) is 0. The molecule has 23 heavy (non-hydrogen) atoms. The standard InChI is InChI=1S/C18H20N2O2.ClH/c21-18(15-10-11-19-13-15)20-12-14-6-8-17(9-7-14)22-16-4-2-1-3-5-16;/h1-9,15,19H,10-13H2,(H,20,21);1H. The Balaban J connectivity index is 0.00000192. The molecule has 3 rings (SSSR count). The Bertz CT molecular complexity index is 611. The van der Waals surface area contributed by atoms with Crippen molar-refractivity contribution in [2.75, 3.05) is 13.1 Å². The summed E-state index contributed by atoms with van der Waals surface area (Å²) in [5.74, 6) is 1.86. The number of para-hydroxylation sites is 1. The fourth-order valence-electron chi connectivity index (χ4n) is 2.51. The normalized spacial score (nSPS) is 16.4. The third kappa shape index (κ3) is 4.98. The van der Waals surface area contributed by atoms with Crippen LogP contribution < -0.4 is 15.4 Å². The lowest BCUT2D eigenvalue weighted by atomic mass is 10.1. The van der Waals surface area contributed by atoms with E-state index >= 15 is 0 Å². The van der Waals surface area contributed by atoms with Gasteiger partial charge in [0, 0.05) is 13.1 Å². The van der Waals surface area contributed by atoms with E-state index in [1.54, 1.807) is 0 Å². The molecule has 1 atom stereocenters. The van der Waals surface area contributed by atoms with E-state index in [0.717, 1.165) is 36.6 Å². The van der Waals surface area contributed by atoms with Crippen LogP contribution in [0.3, 0.4) is 0 Å². The van der Waals surface area contributed by atoms with Gasteiger partial charge in [0.05, 0.1) is 5.92 Å². The molecule has 1 heterocycles. The highest BCUT2D eigenvalue weighted by Crippen LogP contribution is 2.21. The van der Waals surface area contributed by atoms with Gasteiger partial charge in [0.15, 0.2) is 0 Å². The Morgan fingerprint density at radius 2 is 1.78 bits per heavy atom. The number of rotatable bonds is 5. The Morgan fingerprint density at radius 3 is 2.43 bits per heavy atom. The first kappa shape index (κ1) is 17.3. The zero-order valence-corrected chi connectivity index (χ0v) is 13.6. The highest BCUT2D eigenvalue weighted by atomic mass is 35.5. The number of amides is 1. The van der Waals surface area contributed by atoms with Crippen LogP contribution >= 0.6 is 12.4 Å². The highest BCUT2D eigenvalue weighted by molar-refractivity contribution is 5.85. The van der Waals surface area contributed by atoms with Gasteiger partial charge < -0.3 is 15.4 Å². The van der Waals surface area contributed by atoms with Gasteiger partial charge in [-0.1, -0.05) is 30.3 Å². The number of benzene rings is 2. The van der Waals surface area contributed by atoms with E-state index in [4.69, 9.17) is 4.74 Å². The number of halogens is 1. The summed E-state index contributed by atoms with van der Waals surface area (Å²) < 4.78 is 5.74. The SMILES string of the molecule is Cl.O=C(NCc1ccc(Oc2ccccc2)cc1)C1CCNC1. The first-order valence-corrected chi connectivity index (χ1v) is 7.61. The van der Waals surface area contributed by atoms with Crippen molar-refractivity contribution in [1.82, 2.24) is 10.6 Å². The Kier molecular flexibility index (Phi) is 6.44. The molecule has 0 radical (unpaired) electrons. The molecule has 0 saturated carbocycles. The minimum Gasteiger partial charge on any atom is -0.457 e. The monoisotopic (exact) mass is 332 g/mol. The summed E-state index contributed by atoms with van der Waals surface area (Å²) in [6.07, 6.45) is 0.926. The number of carbonyl (C=O) groups excluding carboxylic acids is 1. The average Bonchev–Trinajstić information content (AvgIpc) is 3.09. The number of ether oxygens (including phenoxy) is 1. The molecule has 2 aromatic carbocycles. The first-order valence-electron chi connectivity index (χ1n) is 7.61. The van der Waals surface area contributed by atoms with Crippen molar-refractivity contribution in [2.45, 2.75) is 13.0 Å². The van der Waals surface area contributed by atoms with E-state index < -0.39 is 0 Å². The van der Waals surface area contributed by atoms with Gasteiger partial charge in [0.2, 0.25) is 5.91 Å². The van der Waals surface area contributed by atoms with Gasteiger partial charge in [-0.05, 0) is 42.8 Å². The maximum absolute atomic E-state index is 12.0. The van der Waals surface area contributed by atoms with E-state index in [1.165, 1.54) is 0 Å². The summed E-state index contributed by atoms with van der Waals surface area (Å²) >= 11 is 0. The molecule has 2 aromatic rings. The van der Waals surface area contributed by atoms with Gasteiger partial charge in [-0.2, -0.15) is 0 Å². The van der Waals surface area contributed by atoms with E-state index in [-0.39, 0.29) is 24.2 Å². The zero-order chi connectivity index (χ0) is 15.2. The number of nitrogens with one attached hydrogen (secondary N) is 2. The van der Waals surface area contributed by atoms with Crippen molar-refractivity contribution in [3.63, 3.8) is 0 Å². The fourth-order valence-corrected chi connectivity index (χ4v) is 2.51. The van der Waals surface area contributed by atoms with Crippen molar-refractivity contribution in [3.8, 4) is 11.5 Å². The lowest BCUT2D eigenvalue weighted by Gasteiger charge is -2.10. The molecule has 2 N–H and O–H groups in total. The van der Waals surface area contributed by atoms with E-state index in [1.807, 2.05) is 54.6 Å². The summed E-state index contributed by atoms with van der Waals surface area (Å²) in [6, 6.07) is 17.5. The molecule has 4 nitrogen and oxygen atoms in total. The molecule has 0 spiro atoms. The van der Waals surface area contributed by atoms with Gasteiger partial charge in [-0.3, -0.25) is 4.79 Å². The van der Waals surface area contributed by atoms with Crippen LogP contribution in [-0.4, -0.2) is 19.0 Å². The maximum atomic E-state index is 12.0. The first-order chi connectivity index (χ1) is 10.8. The summed E-state index contributed by atoms with van der Waals surface area (Å²) in [6.45, 7) is 2.28. The molecule has 1 aliphatic rings. The number of hydrogen-bond acceptors (Lipinski definition) is 3. The lowest BCUT2D eigenvalue weighted by Crippen LogP contribution is -2.31. The smallest absolute Gasteiger partial charge is 0.224 e. The van der Waals surface area contributed by atoms with Crippen LogP contribution in [0.15, 0.2) is 54.6 Å². The summed E-state index contributed by atoms with van der Waals surface area (Å²) in [4.78, 5) is 12.0. The van der Waals surface area contributed by atoms with Gasteiger partial charge >= 0.3 is 0 Å². The molecular formula is C18H21ClN2O2. The van der Waals surface area contributed by atoms with Crippen molar-refractivity contribution in [2.24, 2.45) is 5.92 Å². The summed E-state index contributed by atoms with van der Waals surface area (Å²) in [5.41, 5.74) is 1.07. The topological polar surface area (TPSA) is 50.4 Å². The summed E-state index contributed by atoms with van der Waals surface area (Å²) in [5, 5.41) is 6.19. The molecule has 1 fully saturated rings. The fraction of sp³-hybridized carbons (Fsp3) is 0.278. The van der Waals surface area contributed by atoms with Crippen LogP contribution in [0.1, 0.15) is 12.0 Å². The Hall–Kier alpha value is -2.04. The van der Waals surface area contributed by atoms with Gasteiger partial charge in [0.25, 0.3) is 0 Å². The lowest BCUT2D eigenvalue weighted by molar-refractivity contribution is -0.124. The van der Waals surface area contributed by atoms with Gasteiger partial charge in [-0.15, -0.1) is 12.4 Å². The van der Waals surface area contributed by atoms with E-state index in [9.17, 15) is 4.79 Å². The third-order valence-electron chi connectivity index (χ3n) is 3.80. The average molecular weight is 333 g/mol. The molecular weight excluding hydrogens is 312 g/mol. The molecule has 1 amide bonds. The van der Waals surface area contributed by atoms with Gasteiger partial charge in [-0.25, -0.2) is 0 Å².